The molecule has 0 bridgehead atoms. The van der Waals surface area contributed by atoms with Crippen LogP contribution in [-0.2, 0) is 0 Å². The molecule has 236 valence electrons. The van der Waals surface area contributed by atoms with Crippen LogP contribution in [0.3, 0.4) is 0 Å². The zero-order valence-corrected chi connectivity index (χ0v) is 27.7. The van der Waals surface area contributed by atoms with Crippen LogP contribution in [0.4, 0.5) is 0 Å². The van der Waals surface area contributed by atoms with Gasteiger partial charge in [-0.15, -0.1) is 0 Å². The molecule has 1 heterocycles. The van der Waals surface area contributed by atoms with Crippen LogP contribution in [0.2, 0.25) is 0 Å². The summed E-state index contributed by atoms with van der Waals surface area (Å²) in [5, 5.41) is 14.9. The number of para-hydroxylation sites is 1. The molecule has 11 aromatic rings. The maximum absolute atomic E-state index is 6.35. The van der Waals surface area contributed by atoms with Crippen LogP contribution in [0.25, 0.3) is 109 Å². The molecule has 1 heteroatoms. The van der Waals surface area contributed by atoms with E-state index in [2.05, 4.69) is 176 Å². The van der Waals surface area contributed by atoms with Gasteiger partial charge in [0.15, 0.2) is 0 Å². The van der Waals surface area contributed by atoms with Gasteiger partial charge in [0.2, 0.25) is 0 Å². The Hall–Kier alpha value is -6.70. The first-order chi connectivity index (χ1) is 25.3. The predicted molar refractivity (Wildman–Crippen MR) is 218 cm³/mol. The van der Waals surface area contributed by atoms with Gasteiger partial charge in [0, 0.05) is 16.2 Å². The summed E-state index contributed by atoms with van der Waals surface area (Å²) >= 11 is 0. The highest BCUT2D eigenvalue weighted by atomic mass is 16.3. The SMILES string of the molecule is c1ccc(-c2ccc(-c3c4ccccc4c(-c4ccc5c(c4)c4ccccc4c4c5ccc5oc6ccccc6c54)c4ccccc34)cc2)cc1. The molecule has 0 aliphatic rings. The fourth-order valence-corrected chi connectivity index (χ4v) is 8.62. The molecule has 0 spiro atoms. The molecular formula is C50H30O. The number of benzene rings is 10. The molecule has 0 aliphatic carbocycles. The summed E-state index contributed by atoms with van der Waals surface area (Å²) in [6, 6.07) is 66.3. The molecule has 51 heavy (non-hydrogen) atoms. The summed E-state index contributed by atoms with van der Waals surface area (Å²) in [5.41, 5.74) is 9.30. The van der Waals surface area contributed by atoms with Gasteiger partial charge < -0.3 is 4.42 Å². The van der Waals surface area contributed by atoms with E-state index in [-0.39, 0.29) is 0 Å². The molecule has 11 rings (SSSR count). The van der Waals surface area contributed by atoms with Crippen molar-refractivity contribution in [3.63, 3.8) is 0 Å². The van der Waals surface area contributed by atoms with E-state index in [1.54, 1.807) is 0 Å². The van der Waals surface area contributed by atoms with E-state index in [4.69, 9.17) is 4.42 Å². The first-order valence-corrected chi connectivity index (χ1v) is 17.6. The van der Waals surface area contributed by atoms with Crippen molar-refractivity contribution in [2.75, 3.05) is 0 Å². The fourth-order valence-electron chi connectivity index (χ4n) is 8.62. The molecule has 0 N–H and O–H groups in total. The molecule has 0 saturated heterocycles. The van der Waals surface area contributed by atoms with Gasteiger partial charge in [-0.3, -0.25) is 0 Å². The summed E-state index contributed by atoms with van der Waals surface area (Å²) in [6.07, 6.45) is 0. The van der Waals surface area contributed by atoms with Gasteiger partial charge in [-0.2, -0.15) is 0 Å². The van der Waals surface area contributed by atoms with Crippen LogP contribution < -0.4 is 0 Å². The van der Waals surface area contributed by atoms with Crippen molar-refractivity contribution in [1.29, 1.82) is 0 Å². The summed E-state index contributed by atoms with van der Waals surface area (Å²) in [6.45, 7) is 0. The fraction of sp³-hybridized carbons (Fsp3) is 0. The minimum absolute atomic E-state index is 0.925. The second-order valence-electron chi connectivity index (χ2n) is 13.5. The standard InChI is InChI=1S/C50H30O/c1-2-12-31(13-3-1)32-22-24-33(25-23-32)47-38-16-6-8-18-40(38)48(41-19-9-7-17-39(41)47)34-26-27-36-42-28-29-46-50(43-20-10-11-21-45(43)51-46)49(42)37-15-5-4-14-35(37)44(36)30-34/h1-30H. The minimum atomic E-state index is 0.925. The van der Waals surface area contributed by atoms with Crippen molar-refractivity contribution in [1.82, 2.24) is 0 Å². The van der Waals surface area contributed by atoms with Crippen molar-refractivity contribution >= 4 is 75.8 Å². The van der Waals surface area contributed by atoms with Crippen molar-refractivity contribution < 1.29 is 4.42 Å². The third-order valence-corrected chi connectivity index (χ3v) is 10.8. The lowest BCUT2D eigenvalue weighted by Gasteiger charge is -2.19. The van der Waals surface area contributed by atoms with E-state index < -0.39 is 0 Å². The van der Waals surface area contributed by atoms with E-state index in [0.717, 1.165) is 16.6 Å². The molecule has 0 amide bonds. The van der Waals surface area contributed by atoms with Crippen LogP contribution in [0.1, 0.15) is 0 Å². The van der Waals surface area contributed by atoms with Crippen LogP contribution in [0, 0.1) is 0 Å². The number of fused-ring (bicyclic) bond motifs is 12. The summed E-state index contributed by atoms with van der Waals surface area (Å²) in [7, 11) is 0. The Kier molecular flexibility index (Phi) is 6.02. The van der Waals surface area contributed by atoms with Gasteiger partial charge in [-0.25, -0.2) is 0 Å². The third kappa shape index (κ3) is 4.16. The van der Waals surface area contributed by atoms with Gasteiger partial charge in [0.05, 0.1) is 0 Å². The minimum Gasteiger partial charge on any atom is -0.456 e. The topological polar surface area (TPSA) is 13.1 Å². The highest BCUT2D eigenvalue weighted by Gasteiger charge is 2.19. The number of hydrogen-bond acceptors (Lipinski definition) is 1. The Bertz CT molecular complexity index is 3090. The Morgan fingerprint density at radius 2 is 0.686 bits per heavy atom. The van der Waals surface area contributed by atoms with E-state index in [1.165, 1.54) is 92.6 Å². The monoisotopic (exact) mass is 646 g/mol. The van der Waals surface area contributed by atoms with Crippen molar-refractivity contribution in [3.05, 3.63) is 182 Å². The largest absolute Gasteiger partial charge is 0.456 e. The molecule has 0 unspecified atom stereocenters. The quantitative estimate of drug-likeness (QED) is 0.138. The summed E-state index contributed by atoms with van der Waals surface area (Å²) in [5.74, 6) is 0. The lowest BCUT2D eigenvalue weighted by molar-refractivity contribution is 0.669. The maximum Gasteiger partial charge on any atom is 0.136 e. The molecule has 0 atom stereocenters. The van der Waals surface area contributed by atoms with E-state index in [9.17, 15) is 0 Å². The van der Waals surface area contributed by atoms with Gasteiger partial charge >= 0.3 is 0 Å². The van der Waals surface area contributed by atoms with E-state index in [1.807, 2.05) is 6.07 Å². The van der Waals surface area contributed by atoms with Crippen molar-refractivity contribution in [2.24, 2.45) is 0 Å². The zero-order chi connectivity index (χ0) is 33.5. The number of furan rings is 1. The van der Waals surface area contributed by atoms with Crippen LogP contribution in [0.15, 0.2) is 186 Å². The molecular weight excluding hydrogens is 617 g/mol. The van der Waals surface area contributed by atoms with Gasteiger partial charge in [-0.1, -0.05) is 158 Å². The van der Waals surface area contributed by atoms with Crippen LogP contribution in [-0.4, -0.2) is 0 Å². The van der Waals surface area contributed by atoms with Gasteiger partial charge in [0.25, 0.3) is 0 Å². The first kappa shape index (κ1) is 28.2. The lowest BCUT2D eigenvalue weighted by Crippen LogP contribution is -1.91. The lowest BCUT2D eigenvalue weighted by atomic mass is 9.84. The summed E-state index contributed by atoms with van der Waals surface area (Å²) < 4.78 is 6.35. The second kappa shape index (κ2) is 10.9. The molecule has 0 fully saturated rings. The Balaban J connectivity index is 1.19. The molecule has 0 saturated carbocycles. The number of hydrogen-bond donors (Lipinski definition) is 0. The Morgan fingerprint density at radius 1 is 0.235 bits per heavy atom. The zero-order valence-electron chi connectivity index (χ0n) is 27.7. The van der Waals surface area contributed by atoms with Crippen LogP contribution in [0.5, 0.6) is 0 Å². The average Bonchev–Trinajstić information content (AvgIpc) is 3.59. The molecule has 0 radical (unpaired) electrons. The Morgan fingerprint density at radius 3 is 1.37 bits per heavy atom. The average molecular weight is 647 g/mol. The summed E-state index contributed by atoms with van der Waals surface area (Å²) in [4.78, 5) is 0. The van der Waals surface area contributed by atoms with Crippen LogP contribution >= 0.6 is 0 Å². The third-order valence-electron chi connectivity index (χ3n) is 10.8. The smallest absolute Gasteiger partial charge is 0.136 e. The molecule has 0 aliphatic heterocycles. The van der Waals surface area contributed by atoms with E-state index in [0.29, 0.717) is 0 Å². The number of rotatable bonds is 3. The second-order valence-corrected chi connectivity index (χ2v) is 13.5. The van der Waals surface area contributed by atoms with Gasteiger partial charge in [0.1, 0.15) is 11.2 Å². The molecule has 1 aromatic heterocycles. The maximum atomic E-state index is 6.35. The highest BCUT2D eigenvalue weighted by Crippen LogP contribution is 2.47. The first-order valence-electron chi connectivity index (χ1n) is 17.6. The molecule has 10 aromatic carbocycles. The van der Waals surface area contributed by atoms with Crippen molar-refractivity contribution in [3.8, 4) is 33.4 Å². The van der Waals surface area contributed by atoms with Gasteiger partial charge in [-0.05, 0) is 106 Å². The predicted octanol–water partition coefficient (Wildman–Crippen LogP) is 14.4. The highest BCUT2D eigenvalue weighted by molar-refractivity contribution is 6.35. The Labute approximate surface area is 294 Å². The normalized spacial score (nSPS) is 11.9. The van der Waals surface area contributed by atoms with Crippen molar-refractivity contribution in [2.45, 2.75) is 0 Å². The van der Waals surface area contributed by atoms with E-state index >= 15 is 0 Å². The molecule has 1 nitrogen and oxygen atoms in total.